The molecule has 0 aliphatic heterocycles. The van der Waals surface area contributed by atoms with Gasteiger partial charge in [0.25, 0.3) is 0 Å². The highest BCUT2D eigenvalue weighted by atomic mass is 16.5. The highest BCUT2D eigenvalue weighted by molar-refractivity contribution is 5.98. The number of carbonyl (C=O) groups is 1. The van der Waals surface area contributed by atoms with E-state index in [1.807, 2.05) is 6.92 Å². The number of carboxylic acid groups (broad SMARTS) is 1. The van der Waals surface area contributed by atoms with Crippen molar-refractivity contribution in [1.29, 1.82) is 5.41 Å². The van der Waals surface area contributed by atoms with E-state index in [2.05, 4.69) is 0 Å². The van der Waals surface area contributed by atoms with Crippen LogP contribution in [0.3, 0.4) is 0 Å². The Hall–Kier alpha value is -3.32. The number of aliphatic carboxylic acids is 1. The number of furan rings is 1. The highest BCUT2D eigenvalue weighted by Gasteiger charge is 2.22. The predicted octanol–water partition coefficient (Wildman–Crippen LogP) is 3.24. The van der Waals surface area contributed by atoms with Gasteiger partial charge in [0.1, 0.15) is 29.5 Å². The molecule has 0 saturated heterocycles. The lowest BCUT2D eigenvalue weighted by atomic mass is 9.94. The normalized spacial score (nSPS) is 13.2. The largest absolute Gasteiger partial charge is 0.492 e. The van der Waals surface area contributed by atoms with Gasteiger partial charge in [-0.15, -0.1) is 0 Å². The minimum Gasteiger partial charge on any atom is -0.492 e. The standard InChI is InChI=1S/C22H25N3O4/c1-2-16(23)12-28-17-6-3-13(4-7-17)19(22(26)27)11-18-10-15-9-14(21(24)25)5-8-20(15)29-18/h3-10,16,19H,2,11-12,23H2,1H3,(H3,24,25)(H,26,27)/t16-,19?/m0/s1. The second kappa shape index (κ2) is 8.79. The summed E-state index contributed by atoms with van der Waals surface area (Å²) in [6.07, 6.45) is 1.03. The second-order valence-corrected chi connectivity index (χ2v) is 7.02. The smallest absolute Gasteiger partial charge is 0.311 e. The van der Waals surface area contributed by atoms with Crippen molar-refractivity contribution in [2.24, 2.45) is 11.5 Å². The Morgan fingerprint density at radius 2 is 1.93 bits per heavy atom. The molecule has 0 aliphatic carbocycles. The van der Waals surface area contributed by atoms with E-state index < -0.39 is 11.9 Å². The lowest BCUT2D eigenvalue weighted by Gasteiger charge is -2.14. The van der Waals surface area contributed by atoms with E-state index in [0.29, 0.717) is 34.8 Å². The molecule has 0 bridgehead atoms. The Kier molecular flexibility index (Phi) is 6.19. The summed E-state index contributed by atoms with van der Waals surface area (Å²) in [6, 6.07) is 14.0. The van der Waals surface area contributed by atoms with Crippen molar-refractivity contribution >= 4 is 22.8 Å². The predicted molar refractivity (Wildman–Crippen MR) is 112 cm³/mol. The van der Waals surface area contributed by atoms with Crippen LogP contribution in [0.4, 0.5) is 0 Å². The molecule has 2 aromatic carbocycles. The molecule has 0 fully saturated rings. The quantitative estimate of drug-likeness (QED) is 0.324. The molecule has 3 rings (SSSR count). The number of hydrogen-bond acceptors (Lipinski definition) is 5. The van der Waals surface area contributed by atoms with Crippen molar-refractivity contribution in [3.63, 3.8) is 0 Å². The van der Waals surface area contributed by atoms with Crippen molar-refractivity contribution in [2.75, 3.05) is 6.61 Å². The third-order valence-corrected chi connectivity index (χ3v) is 4.85. The van der Waals surface area contributed by atoms with Gasteiger partial charge in [0, 0.05) is 23.4 Å². The van der Waals surface area contributed by atoms with Gasteiger partial charge in [0.05, 0.1) is 5.92 Å². The second-order valence-electron chi connectivity index (χ2n) is 7.02. The highest BCUT2D eigenvalue weighted by Crippen LogP contribution is 2.28. The van der Waals surface area contributed by atoms with E-state index in [9.17, 15) is 9.90 Å². The molecule has 7 nitrogen and oxygen atoms in total. The molecular formula is C22H25N3O4. The number of ether oxygens (including phenoxy) is 1. The van der Waals surface area contributed by atoms with E-state index in [-0.39, 0.29) is 18.3 Å². The van der Waals surface area contributed by atoms with Crippen molar-refractivity contribution < 1.29 is 19.1 Å². The number of nitrogens with one attached hydrogen (secondary N) is 1. The molecule has 2 atom stereocenters. The third kappa shape index (κ3) is 4.94. The summed E-state index contributed by atoms with van der Waals surface area (Å²) >= 11 is 0. The van der Waals surface area contributed by atoms with Gasteiger partial charge in [-0.05, 0) is 48.4 Å². The zero-order valence-corrected chi connectivity index (χ0v) is 16.2. The first-order chi connectivity index (χ1) is 13.9. The minimum absolute atomic E-state index is 0.0275. The average Bonchev–Trinajstić information content (AvgIpc) is 3.12. The van der Waals surface area contributed by atoms with Crippen LogP contribution in [0.2, 0.25) is 0 Å². The lowest BCUT2D eigenvalue weighted by Crippen LogP contribution is -2.26. The van der Waals surface area contributed by atoms with Crippen LogP contribution in [0.15, 0.2) is 52.9 Å². The summed E-state index contributed by atoms with van der Waals surface area (Å²) in [5, 5.41) is 18.0. The van der Waals surface area contributed by atoms with Gasteiger partial charge in [-0.2, -0.15) is 0 Å². The van der Waals surface area contributed by atoms with E-state index in [1.165, 1.54) is 0 Å². The van der Waals surface area contributed by atoms with Gasteiger partial charge in [0.15, 0.2) is 0 Å². The van der Waals surface area contributed by atoms with Gasteiger partial charge in [0.2, 0.25) is 0 Å². The molecule has 7 heteroatoms. The van der Waals surface area contributed by atoms with Crippen LogP contribution in [-0.4, -0.2) is 29.6 Å². The van der Waals surface area contributed by atoms with Gasteiger partial charge < -0.3 is 25.7 Å². The molecule has 0 aliphatic rings. The topological polar surface area (TPSA) is 136 Å². The zero-order chi connectivity index (χ0) is 21.0. The van der Waals surface area contributed by atoms with E-state index >= 15 is 0 Å². The summed E-state index contributed by atoms with van der Waals surface area (Å²) < 4.78 is 11.4. The fraction of sp³-hybridized carbons (Fsp3) is 0.273. The van der Waals surface area contributed by atoms with Gasteiger partial charge in [-0.25, -0.2) is 0 Å². The number of fused-ring (bicyclic) bond motifs is 1. The molecule has 0 saturated carbocycles. The summed E-state index contributed by atoms with van der Waals surface area (Å²) in [5.74, 6) is -0.503. The van der Waals surface area contributed by atoms with Crippen LogP contribution in [-0.2, 0) is 11.2 Å². The SMILES string of the molecule is CC[C@H](N)COc1ccc(C(Cc2cc3cc(C(=N)N)ccc3o2)C(=O)O)cc1. The summed E-state index contributed by atoms with van der Waals surface area (Å²) in [6.45, 7) is 2.41. The van der Waals surface area contributed by atoms with Crippen LogP contribution in [0.1, 0.15) is 36.1 Å². The number of hydrogen-bond donors (Lipinski definition) is 4. The molecular weight excluding hydrogens is 370 g/mol. The molecule has 3 aromatic rings. The lowest BCUT2D eigenvalue weighted by molar-refractivity contribution is -0.138. The summed E-state index contributed by atoms with van der Waals surface area (Å²) in [7, 11) is 0. The molecule has 0 spiro atoms. The zero-order valence-electron chi connectivity index (χ0n) is 16.2. The summed E-state index contributed by atoms with van der Waals surface area (Å²) in [4.78, 5) is 11.9. The van der Waals surface area contributed by atoms with Crippen LogP contribution < -0.4 is 16.2 Å². The van der Waals surface area contributed by atoms with E-state index in [4.69, 9.17) is 26.0 Å². The Morgan fingerprint density at radius 1 is 1.21 bits per heavy atom. The van der Waals surface area contributed by atoms with Crippen molar-refractivity contribution in [3.8, 4) is 5.75 Å². The molecule has 1 heterocycles. The van der Waals surface area contributed by atoms with Crippen molar-refractivity contribution in [1.82, 2.24) is 0 Å². The molecule has 0 amide bonds. The Morgan fingerprint density at radius 3 is 2.55 bits per heavy atom. The first kappa shape index (κ1) is 20.4. The first-order valence-electron chi connectivity index (χ1n) is 9.45. The number of amidine groups is 1. The Bertz CT molecular complexity index is 1010. The summed E-state index contributed by atoms with van der Waals surface area (Å²) in [5.41, 5.74) is 13.3. The first-order valence-corrected chi connectivity index (χ1v) is 9.45. The van der Waals surface area contributed by atoms with Crippen molar-refractivity contribution in [2.45, 2.75) is 31.7 Å². The van der Waals surface area contributed by atoms with E-state index in [1.54, 1.807) is 48.5 Å². The van der Waals surface area contributed by atoms with Crippen LogP contribution in [0, 0.1) is 5.41 Å². The molecule has 1 aromatic heterocycles. The molecule has 152 valence electrons. The number of nitrogens with two attached hydrogens (primary N) is 2. The number of rotatable bonds is 9. The molecule has 6 N–H and O–H groups in total. The van der Waals surface area contributed by atoms with Crippen LogP contribution in [0.25, 0.3) is 11.0 Å². The third-order valence-electron chi connectivity index (χ3n) is 4.85. The maximum Gasteiger partial charge on any atom is 0.311 e. The van der Waals surface area contributed by atoms with Gasteiger partial charge in [-0.1, -0.05) is 19.1 Å². The van der Waals surface area contributed by atoms with Crippen LogP contribution >= 0.6 is 0 Å². The number of benzene rings is 2. The van der Waals surface area contributed by atoms with E-state index in [0.717, 1.165) is 11.8 Å². The maximum absolute atomic E-state index is 11.9. The Labute approximate surface area is 168 Å². The monoisotopic (exact) mass is 395 g/mol. The minimum atomic E-state index is -0.934. The molecule has 29 heavy (non-hydrogen) atoms. The van der Waals surface area contributed by atoms with Gasteiger partial charge >= 0.3 is 5.97 Å². The van der Waals surface area contributed by atoms with Crippen molar-refractivity contribution in [3.05, 3.63) is 65.4 Å². The average molecular weight is 395 g/mol. The fourth-order valence-corrected chi connectivity index (χ4v) is 3.03. The molecule has 1 unspecified atom stereocenters. The number of carboxylic acids is 1. The maximum atomic E-state index is 11.9. The fourth-order valence-electron chi connectivity index (χ4n) is 3.03. The Balaban J connectivity index is 1.77. The molecule has 0 radical (unpaired) electrons. The van der Waals surface area contributed by atoms with Gasteiger partial charge in [-0.3, -0.25) is 10.2 Å². The van der Waals surface area contributed by atoms with Crippen LogP contribution in [0.5, 0.6) is 5.75 Å². The number of nitrogen functional groups attached to an aromatic ring is 1.